The number of aryl methyl sites for hydroxylation is 1. The molecule has 1 aromatic rings. The van der Waals surface area contributed by atoms with Gasteiger partial charge in [0.05, 0.1) is 22.6 Å². The fourth-order valence-electron chi connectivity index (χ4n) is 1.60. The largest absolute Gasteiger partial charge is 0.298 e. The smallest absolute Gasteiger partial charge is 0.241 e. The van der Waals surface area contributed by atoms with E-state index in [1.165, 1.54) is 25.1 Å². The third kappa shape index (κ3) is 3.63. The van der Waals surface area contributed by atoms with Crippen LogP contribution in [0, 0.1) is 18.3 Å². The van der Waals surface area contributed by atoms with Gasteiger partial charge in [-0.25, -0.2) is 13.1 Å². The topological polar surface area (TPSA) is 87.0 Å². The zero-order chi connectivity index (χ0) is 14.6. The molecule has 0 radical (unpaired) electrons. The van der Waals surface area contributed by atoms with Crippen molar-refractivity contribution in [2.45, 2.75) is 38.1 Å². The Morgan fingerprint density at radius 2 is 2.11 bits per heavy atom. The van der Waals surface area contributed by atoms with Gasteiger partial charge in [0.25, 0.3) is 0 Å². The zero-order valence-electron chi connectivity index (χ0n) is 11.1. The summed E-state index contributed by atoms with van der Waals surface area (Å²) in [4.78, 5) is 11.5. The average Bonchev–Trinajstić information content (AvgIpc) is 2.37. The van der Waals surface area contributed by atoms with E-state index >= 15 is 0 Å². The Hall–Kier alpha value is -1.71. The molecule has 1 aromatic carbocycles. The molecule has 0 amide bonds. The number of hydrogen-bond donors (Lipinski definition) is 1. The van der Waals surface area contributed by atoms with E-state index in [9.17, 15) is 13.2 Å². The average molecular weight is 280 g/mol. The summed E-state index contributed by atoms with van der Waals surface area (Å²) in [6, 6.07) is 5.45. The molecule has 0 aliphatic carbocycles. The molecule has 0 heterocycles. The van der Waals surface area contributed by atoms with Crippen LogP contribution in [-0.4, -0.2) is 20.2 Å². The molecule has 19 heavy (non-hydrogen) atoms. The lowest BCUT2D eigenvalue weighted by Crippen LogP contribution is -2.38. The Morgan fingerprint density at radius 3 is 2.58 bits per heavy atom. The minimum absolute atomic E-state index is 0.0553. The van der Waals surface area contributed by atoms with Gasteiger partial charge in [-0.15, -0.1) is 0 Å². The maximum absolute atomic E-state index is 12.1. The molecular formula is C13H16N2O3S. The number of nitriles is 1. The second kappa shape index (κ2) is 5.95. The van der Waals surface area contributed by atoms with Gasteiger partial charge in [-0.05, 0) is 37.6 Å². The molecule has 5 nitrogen and oxygen atoms in total. The van der Waals surface area contributed by atoms with Crippen molar-refractivity contribution in [3.63, 3.8) is 0 Å². The highest BCUT2D eigenvalue weighted by atomic mass is 32.2. The van der Waals surface area contributed by atoms with Crippen LogP contribution >= 0.6 is 0 Å². The summed E-state index contributed by atoms with van der Waals surface area (Å²) in [5.41, 5.74) is 1.01. The number of sulfonamides is 1. The summed E-state index contributed by atoms with van der Waals surface area (Å²) >= 11 is 0. The molecule has 0 aliphatic rings. The fourth-order valence-corrected chi connectivity index (χ4v) is 2.91. The molecular weight excluding hydrogens is 264 g/mol. The normalized spacial score (nSPS) is 12.7. The van der Waals surface area contributed by atoms with Crippen LogP contribution in [-0.2, 0) is 14.8 Å². The second-order valence-corrected chi connectivity index (χ2v) is 5.97. The molecule has 102 valence electrons. The molecule has 0 aromatic heterocycles. The molecule has 0 spiro atoms. The number of benzene rings is 1. The number of carbonyl (C=O) groups is 1. The van der Waals surface area contributed by atoms with Crippen LogP contribution in [0.2, 0.25) is 0 Å². The Bertz CT molecular complexity index is 630. The molecule has 6 heteroatoms. The lowest BCUT2D eigenvalue weighted by molar-refractivity contribution is -0.119. The van der Waals surface area contributed by atoms with Crippen molar-refractivity contribution >= 4 is 15.8 Å². The number of ketones is 1. The van der Waals surface area contributed by atoms with Gasteiger partial charge in [0.15, 0.2) is 0 Å². The Morgan fingerprint density at radius 1 is 1.47 bits per heavy atom. The summed E-state index contributed by atoms with van der Waals surface area (Å²) in [5, 5.41) is 8.80. The van der Waals surface area contributed by atoms with Crippen LogP contribution in [0.4, 0.5) is 0 Å². The Kier molecular flexibility index (Phi) is 4.81. The molecule has 0 bridgehead atoms. The summed E-state index contributed by atoms with van der Waals surface area (Å²) in [6.07, 6.45) is 0.274. The van der Waals surface area contributed by atoms with Crippen LogP contribution in [0.3, 0.4) is 0 Å². The molecule has 1 N–H and O–H groups in total. The number of rotatable bonds is 5. The van der Waals surface area contributed by atoms with Gasteiger partial charge < -0.3 is 0 Å². The van der Waals surface area contributed by atoms with Crippen LogP contribution in [0.15, 0.2) is 23.1 Å². The molecule has 1 rings (SSSR count). The number of hydrogen-bond acceptors (Lipinski definition) is 4. The minimum Gasteiger partial charge on any atom is -0.298 e. The van der Waals surface area contributed by atoms with E-state index in [1.54, 1.807) is 13.8 Å². The molecule has 1 atom stereocenters. The van der Waals surface area contributed by atoms with Gasteiger partial charge in [-0.1, -0.05) is 6.92 Å². The third-order valence-corrected chi connectivity index (χ3v) is 4.33. The standard InChI is InChI=1S/C13H16N2O3S/c1-4-13(16)10(3)15-19(17,18)12-6-5-11(8-14)9(2)7-12/h5-7,10,15H,4H2,1-3H3. The Labute approximate surface area is 113 Å². The molecule has 1 unspecified atom stereocenters. The lowest BCUT2D eigenvalue weighted by atomic mass is 10.1. The van der Waals surface area contributed by atoms with Gasteiger partial charge in [0.1, 0.15) is 5.78 Å². The quantitative estimate of drug-likeness (QED) is 0.885. The lowest BCUT2D eigenvalue weighted by Gasteiger charge is -2.13. The highest BCUT2D eigenvalue weighted by Crippen LogP contribution is 2.15. The van der Waals surface area contributed by atoms with E-state index in [4.69, 9.17) is 5.26 Å². The van der Waals surface area contributed by atoms with Crippen LogP contribution in [0.5, 0.6) is 0 Å². The van der Waals surface area contributed by atoms with Crippen molar-refractivity contribution in [2.24, 2.45) is 0 Å². The van der Waals surface area contributed by atoms with Crippen molar-refractivity contribution < 1.29 is 13.2 Å². The minimum atomic E-state index is -3.74. The first kappa shape index (κ1) is 15.3. The fraction of sp³-hybridized carbons (Fsp3) is 0.385. The van der Waals surface area contributed by atoms with E-state index in [2.05, 4.69) is 4.72 Å². The van der Waals surface area contributed by atoms with Gasteiger partial charge in [0.2, 0.25) is 10.0 Å². The van der Waals surface area contributed by atoms with Crippen molar-refractivity contribution in [1.29, 1.82) is 5.26 Å². The van der Waals surface area contributed by atoms with Crippen LogP contribution < -0.4 is 4.72 Å². The number of nitrogens with one attached hydrogen (secondary N) is 1. The van der Waals surface area contributed by atoms with Crippen molar-refractivity contribution in [3.8, 4) is 6.07 Å². The van der Waals surface area contributed by atoms with Crippen LogP contribution in [0.25, 0.3) is 0 Å². The van der Waals surface area contributed by atoms with Crippen molar-refractivity contribution in [3.05, 3.63) is 29.3 Å². The summed E-state index contributed by atoms with van der Waals surface area (Å²) < 4.78 is 26.5. The maximum Gasteiger partial charge on any atom is 0.241 e. The first-order chi connectivity index (χ1) is 8.81. The number of Topliss-reactive ketones (excluding diaryl/α,β-unsaturated/α-hetero) is 1. The van der Waals surface area contributed by atoms with E-state index in [0.29, 0.717) is 11.1 Å². The summed E-state index contributed by atoms with van der Waals surface area (Å²) in [7, 11) is -3.74. The predicted octanol–water partition coefficient (Wildman–Crippen LogP) is 1.51. The summed E-state index contributed by atoms with van der Waals surface area (Å²) in [5.74, 6) is -0.172. The zero-order valence-corrected chi connectivity index (χ0v) is 11.9. The predicted molar refractivity (Wildman–Crippen MR) is 71.0 cm³/mol. The van der Waals surface area contributed by atoms with E-state index in [1.807, 2.05) is 6.07 Å². The highest BCUT2D eigenvalue weighted by Gasteiger charge is 2.21. The summed E-state index contributed by atoms with van der Waals surface area (Å²) in [6.45, 7) is 4.86. The van der Waals surface area contributed by atoms with Crippen molar-refractivity contribution in [2.75, 3.05) is 0 Å². The van der Waals surface area contributed by atoms with Crippen molar-refractivity contribution in [1.82, 2.24) is 4.72 Å². The second-order valence-electron chi connectivity index (χ2n) is 4.25. The van der Waals surface area contributed by atoms with E-state index in [0.717, 1.165) is 0 Å². The third-order valence-electron chi connectivity index (χ3n) is 2.79. The van der Waals surface area contributed by atoms with E-state index < -0.39 is 16.1 Å². The maximum atomic E-state index is 12.1. The van der Waals surface area contributed by atoms with Gasteiger partial charge in [-0.2, -0.15) is 5.26 Å². The number of carbonyl (C=O) groups excluding carboxylic acids is 1. The first-order valence-corrected chi connectivity index (χ1v) is 7.36. The molecule has 0 saturated heterocycles. The van der Waals surface area contributed by atoms with Gasteiger partial charge in [-0.3, -0.25) is 4.79 Å². The molecule has 0 saturated carbocycles. The van der Waals surface area contributed by atoms with E-state index in [-0.39, 0.29) is 17.1 Å². The first-order valence-electron chi connectivity index (χ1n) is 5.87. The van der Waals surface area contributed by atoms with Gasteiger partial charge in [0, 0.05) is 6.42 Å². The van der Waals surface area contributed by atoms with Crippen LogP contribution in [0.1, 0.15) is 31.4 Å². The molecule has 0 aliphatic heterocycles. The van der Waals surface area contributed by atoms with Gasteiger partial charge >= 0.3 is 0 Å². The number of nitrogens with zero attached hydrogens (tertiary/aromatic N) is 1. The Balaban J connectivity index is 3.05. The SMILES string of the molecule is CCC(=O)C(C)NS(=O)(=O)c1ccc(C#N)c(C)c1. The monoisotopic (exact) mass is 280 g/mol. The highest BCUT2D eigenvalue weighted by molar-refractivity contribution is 7.89. The molecule has 0 fully saturated rings.